The molecule has 1 saturated carbocycles. The Hall–Kier alpha value is -1.91. The van der Waals surface area contributed by atoms with Gasteiger partial charge in [0.2, 0.25) is 0 Å². The number of hydrogen-bond acceptors (Lipinski definition) is 3. The Kier molecular flexibility index (Phi) is 3.67. The third-order valence-corrected chi connectivity index (χ3v) is 4.06. The fraction of sp³-hybridized carbons (Fsp3) is 0.533. The highest BCUT2D eigenvalue weighted by atomic mass is 16.1. The molecule has 0 radical (unpaired) electrons. The number of carbonyl (C=O) groups is 1. The van der Waals surface area contributed by atoms with Crippen LogP contribution in [0.5, 0.6) is 0 Å². The van der Waals surface area contributed by atoms with E-state index in [1.165, 1.54) is 32.1 Å². The van der Waals surface area contributed by atoms with Gasteiger partial charge in [-0.25, -0.2) is 0 Å². The molecular formula is C15H20N4O. The first kappa shape index (κ1) is 13.1. The summed E-state index contributed by atoms with van der Waals surface area (Å²) in [7, 11) is 1.79. The van der Waals surface area contributed by atoms with Crippen molar-refractivity contribution in [1.82, 2.24) is 19.6 Å². The van der Waals surface area contributed by atoms with Gasteiger partial charge in [0, 0.05) is 19.4 Å². The van der Waals surface area contributed by atoms with E-state index in [1.807, 2.05) is 16.9 Å². The van der Waals surface area contributed by atoms with Crippen LogP contribution in [0.3, 0.4) is 0 Å². The molecule has 0 aliphatic heterocycles. The minimum atomic E-state index is 0.0684. The van der Waals surface area contributed by atoms with Gasteiger partial charge in [-0.2, -0.15) is 10.2 Å². The number of nitrogens with zero attached hydrogens (tertiary/aromatic N) is 4. The average molecular weight is 272 g/mol. The smallest absolute Gasteiger partial charge is 0.186 e. The van der Waals surface area contributed by atoms with E-state index in [1.54, 1.807) is 24.0 Å². The van der Waals surface area contributed by atoms with Crippen LogP contribution >= 0.6 is 0 Å². The van der Waals surface area contributed by atoms with Gasteiger partial charge in [0.25, 0.3) is 0 Å². The summed E-state index contributed by atoms with van der Waals surface area (Å²) in [5, 5.41) is 8.61. The van der Waals surface area contributed by atoms with Crippen molar-refractivity contribution < 1.29 is 4.79 Å². The molecule has 0 atom stereocenters. The molecule has 0 saturated heterocycles. The van der Waals surface area contributed by atoms with E-state index in [0.29, 0.717) is 18.2 Å². The second kappa shape index (κ2) is 5.61. The Morgan fingerprint density at radius 1 is 1.30 bits per heavy atom. The van der Waals surface area contributed by atoms with E-state index in [4.69, 9.17) is 0 Å². The van der Waals surface area contributed by atoms with Crippen molar-refractivity contribution in [3.05, 3.63) is 35.9 Å². The number of hydrogen-bond donors (Lipinski definition) is 0. The Morgan fingerprint density at radius 3 is 2.80 bits per heavy atom. The lowest BCUT2D eigenvalue weighted by Crippen LogP contribution is -2.14. The maximum Gasteiger partial charge on any atom is 0.186 e. The zero-order chi connectivity index (χ0) is 13.9. The molecule has 1 aliphatic rings. The molecule has 0 bridgehead atoms. The van der Waals surface area contributed by atoms with Gasteiger partial charge < -0.3 is 0 Å². The van der Waals surface area contributed by atoms with Gasteiger partial charge in [0.05, 0.1) is 18.2 Å². The summed E-state index contributed by atoms with van der Waals surface area (Å²) >= 11 is 0. The minimum absolute atomic E-state index is 0.0684. The zero-order valence-corrected chi connectivity index (χ0v) is 11.8. The molecule has 106 valence electrons. The van der Waals surface area contributed by atoms with Crippen LogP contribution in [0.25, 0.3) is 0 Å². The second-order valence-electron chi connectivity index (χ2n) is 5.52. The Bertz CT molecular complexity index is 593. The Balaban J connectivity index is 1.68. The molecule has 0 amide bonds. The van der Waals surface area contributed by atoms with Crippen LogP contribution in [0, 0.1) is 0 Å². The summed E-state index contributed by atoms with van der Waals surface area (Å²) in [6.07, 6.45) is 10.3. The highest BCUT2D eigenvalue weighted by molar-refractivity contribution is 5.95. The molecule has 0 N–H and O–H groups in total. The molecule has 5 heteroatoms. The molecule has 5 nitrogen and oxygen atoms in total. The van der Waals surface area contributed by atoms with Crippen molar-refractivity contribution >= 4 is 5.78 Å². The normalized spacial score (nSPS) is 16.4. The van der Waals surface area contributed by atoms with Crippen molar-refractivity contribution in [3.8, 4) is 0 Å². The predicted octanol–water partition coefficient (Wildman–Crippen LogP) is 2.55. The van der Waals surface area contributed by atoms with Gasteiger partial charge in [-0.1, -0.05) is 19.3 Å². The highest BCUT2D eigenvalue weighted by Crippen LogP contribution is 2.27. The lowest BCUT2D eigenvalue weighted by molar-refractivity contribution is 0.0982. The maximum atomic E-state index is 12.2. The number of aryl methyl sites for hydroxylation is 1. The van der Waals surface area contributed by atoms with Crippen molar-refractivity contribution in [2.45, 2.75) is 44.6 Å². The Morgan fingerprint density at radius 2 is 2.10 bits per heavy atom. The number of aromatic nitrogens is 4. The van der Waals surface area contributed by atoms with Crippen LogP contribution < -0.4 is 0 Å². The molecule has 0 unspecified atom stereocenters. The molecule has 2 heterocycles. The van der Waals surface area contributed by atoms with E-state index < -0.39 is 0 Å². The molecule has 0 aromatic carbocycles. The molecule has 2 aromatic rings. The Labute approximate surface area is 118 Å². The van der Waals surface area contributed by atoms with Crippen molar-refractivity contribution in [2.24, 2.45) is 7.05 Å². The quantitative estimate of drug-likeness (QED) is 0.804. The molecule has 20 heavy (non-hydrogen) atoms. The average Bonchev–Trinajstić information content (AvgIpc) is 3.09. The van der Waals surface area contributed by atoms with Gasteiger partial charge >= 0.3 is 0 Å². The monoisotopic (exact) mass is 272 g/mol. The SMILES string of the molecule is Cn1nccc1C(=O)Cc1ccn(C2CCCCC2)n1. The van der Waals surface area contributed by atoms with Gasteiger partial charge in [-0.3, -0.25) is 14.2 Å². The molecule has 1 aliphatic carbocycles. The first-order valence-corrected chi connectivity index (χ1v) is 7.29. The lowest BCUT2D eigenvalue weighted by Gasteiger charge is -2.21. The number of Topliss-reactive ketones (excluding diaryl/α,β-unsaturated/α-hetero) is 1. The third kappa shape index (κ3) is 2.66. The van der Waals surface area contributed by atoms with E-state index in [9.17, 15) is 4.79 Å². The van der Waals surface area contributed by atoms with Crippen LogP contribution in [-0.4, -0.2) is 25.3 Å². The molecular weight excluding hydrogens is 252 g/mol. The summed E-state index contributed by atoms with van der Waals surface area (Å²) < 4.78 is 3.66. The largest absolute Gasteiger partial charge is 0.292 e. The summed E-state index contributed by atoms with van der Waals surface area (Å²) in [5.41, 5.74) is 1.49. The first-order valence-electron chi connectivity index (χ1n) is 7.29. The molecule has 1 fully saturated rings. The lowest BCUT2D eigenvalue weighted by atomic mass is 9.96. The van der Waals surface area contributed by atoms with Crippen LogP contribution in [0.4, 0.5) is 0 Å². The number of rotatable bonds is 4. The molecule has 3 rings (SSSR count). The highest BCUT2D eigenvalue weighted by Gasteiger charge is 2.17. The fourth-order valence-corrected chi connectivity index (χ4v) is 2.92. The van der Waals surface area contributed by atoms with E-state index in [2.05, 4.69) is 10.2 Å². The van der Waals surface area contributed by atoms with Crippen molar-refractivity contribution in [3.63, 3.8) is 0 Å². The summed E-state index contributed by atoms with van der Waals surface area (Å²) in [4.78, 5) is 12.2. The topological polar surface area (TPSA) is 52.7 Å². The van der Waals surface area contributed by atoms with Crippen molar-refractivity contribution in [2.75, 3.05) is 0 Å². The number of ketones is 1. The first-order chi connectivity index (χ1) is 9.74. The molecule has 0 spiro atoms. The van der Waals surface area contributed by atoms with Crippen LogP contribution in [-0.2, 0) is 13.5 Å². The van der Waals surface area contributed by atoms with E-state index in [0.717, 1.165) is 5.69 Å². The summed E-state index contributed by atoms with van der Waals surface area (Å²) in [6.45, 7) is 0. The third-order valence-electron chi connectivity index (χ3n) is 4.06. The predicted molar refractivity (Wildman–Crippen MR) is 75.6 cm³/mol. The van der Waals surface area contributed by atoms with Gasteiger partial charge in [-0.05, 0) is 25.0 Å². The van der Waals surface area contributed by atoms with Crippen LogP contribution in [0.15, 0.2) is 24.5 Å². The van der Waals surface area contributed by atoms with E-state index >= 15 is 0 Å². The van der Waals surface area contributed by atoms with Gasteiger partial charge in [0.1, 0.15) is 5.69 Å². The minimum Gasteiger partial charge on any atom is -0.292 e. The van der Waals surface area contributed by atoms with Crippen LogP contribution in [0.2, 0.25) is 0 Å². The van der Waals surface area contributed by atoms with Crippen molar-refractivity contribution in [1.29, 1.82) is 0 Å². The van der Waals surface area contributed by atoms with Crippen LogP contribution in [0.1, 0.15) is 54.3 Å². The summed E-state index contributed by atoms with van der Waals surface area (Å²) in [5.74, 6) is 0.0684. The number of carbonyl (C=O) groups excluding carboxylic acids is 1. The summed E-state index contributed by atoms with van der Waals surface area (Å²) in [6, 6.07) is 4.23. The van der Waals surface area contributed by atoms with Gasteiger partial charge in [0.15, 0.2) is 5.78 Å². The van der Waals surface area contributed by atoms with Gasteiger partial charge in [-0.15, -0.1) is 0 Å². The molecule has 2 aromatic heterocycles. The maximum absolute atomic E-state index is 12.2. The fourth-order valence-electron chi connectivity index (χ4n) is 2.92. The second-order valence-corrected chi connectivity index (χ2v) is 5.52. The standard InChI is InChI=1S/C15H20N4O/c1-18-14(7-9-16-18)15(20)11-12-8-10-19(17-12)13-5-3-2-4-6-13/h7-10,13H,2-6,11H2,1H3. The zero-order valence-electron chi connectivity index (χ0n) is 11.8. The van der Waals surface area contributed by atoms with E-state index in [-0.39, 0.29) is 5.78 Å².